The van der Waals surface area contributed by atoms with E-state index >= 15 is 0 Å². The van der Waals surface area contributed by atoms with Gasteiger partial charge in [-0.15, -0.1) is 22.7 Å². The SMILES string of the molecule is CN1C(=O)c2ccc(S(=O)(=O)N(Cc3cccs3)Cc3cccs3)cc2C1=O. The Balaban J connectivity index is 1.73. The van der Waals surface area contributed by atoms with Crippen LogP contribution in [0.15, 0.2) is 58.1 Å². The summed E-state index contributed by atoms with van der Waals surface area (Å²) in [6, 6.07) is 11.7. The zero-order chi connectivity index (χ0) is 19.9. The predicted molar refractivity (Wildman–Crippen MR) is 108 cm³/mol. The number of rotatable bonds is 6. The highest BCUT2D eigenvalue weighted by Gasteiger charge is 2.35. The van der Waals surface area contributed by atoms with Gasteiger partial charge in [-0.05, 0) is 41.1 Å². The highest BCUT2D eigenvalue weighted by Crippen LogP contribution is 2.28. The lowest BCUT2D eigenvalue weighted by Gasteiger charge is -2.21. The third kappa shape index (κ3) is 3.30. The van der Waals surface area contributed by atoms with Crippen molar-refractivity contribution in [3.05, 3.63) is 74.1 Å². The van der Waals surface area contributed by atoms with Crippen molar-refractivity contribution in [3.63, 3.8) is 0 Å². The average Bonchev–Trinajstić information content (AvgIpc) is 3.42. The van der Waals surface area contributed by atoms with E-state index in [0.29, 0.717) is 0 Å². The van der Waals surface area contributed by atoms with Crippen LogP contribution in [0.3, 0.4) is 0 Å². The number of amides is 2. The Labute approximate surface area is 170 Å². The maximum absolute atomic E-state index is 13.4. The minimum atomic E-state index is -3.87. The van der Waals surface area contributed by atoms with Crippen LogP contribution in [0.1, 0.15) is 30.5 Å². The number of fused-ring (bicyclic) bond motifs is 1. The van der Waals surface area contributed by atoms with E-state index in [9.17, 15) is 18.0 Å². The molecule has 2 amide bonds. The number of hydrogen-bond acceptors (Lipinski definition) is 6. The van der Waals surface area contributed by atoms with E-state index in [1.54, 1.807) is 0 Å². The Morgan fingerprint density at radius 3 is 2.00 bits per heavy atom. The van der Waals surface area contributed by atoms with Crippen LogP contribution in [-0.4, -0.2) is 36.5 Å². The van der Waals surface area contributed by atoms with Crippen LogP contribution in [0.25, 0.3) is 0 Å². The molecule has 144 valence electrons. The van der Waals surface area contributed by atoms with Gasteiger partial charge in [0, 0.05) is 29.9 Å². The van der Waals surface area contributed by atoms with Crippen LogP contribution >= 0.6 is 22.7 Å². The standard InChI is InChI=1S/C19H16N2O4S3/c1-20-18(22)16-7-6-15(10-17(16)19(20)23)28(24,25)21(11-13-4-2-8-26-13)12-14-5-3-9-27-14/h2-10H,11-12H2,1H3. The van der Waals surface area contributed by atoms with Gasteiger partial charge in [0.1, 0.15) is 0 Å². The normalized spacial score (nSPS) is 14.1. The summed E-state index contributed by atoms with van der Waals surface area (Å²) in [6.45, 7) is 0.476. The third-order valence-corrected chi connectivity index (χ3v) is 8.03. The summed E-state index contributed by atoms with van der Waals surface area (Å²) < 4.78 is 28.2. The lowest BCUT2D eigenvalue weighted by Crippen LogP contribution is -2.30. The van der Waals surface area contributed by atoms with Gasteiger partial charge in [-0.1, -0.05) is 12.1 Å². The largest absolute Gasteiger partial charge is 0.277 e. The van der Waals surface area contributed by atoms with Gasteiger partial charge in [0.2, 0.25) is 10.0 Å². The third-order valence-electron chi connectivity index (χ3n) is 4.52. The number of thiophene rings is 2. The average molecular weight is 433 g/mol. The summed E-state index contributed by atoms with van der Waals surface area (Å²) in [5.41, 5.74) is 0.357. The zero-order valence-corrected chi connectivity index (χ0v) is 17.3. The number of carbonyl (C=O) groups is 2. The summed E-state index contributed by atoms with van der Waals surface area (Å²) in [5, 5.41) is 3.81. The first kappa shape index (κ1) is 19.0. The maximum atomic E-state index is 13.4. The van der Waals surface area contributed by atoms with E-state index in [-0.39, 0.29) is 29.1 Å². The second-order valence-electron chi connectivity index (χ2n) is 6.31. The zero-order valence-electron chi connectivity index (χ0n) is 14.9. The summed E-state index contributed by atoms with van der Waals surface area (Å²) in [6.07, 6.45) is 0. The number of benzene rings is 1. The Kier molecular flexibility index (Phi) is 4.92. The fourth-order valence-corrected chi connectivity index (χ4v) is 6.05. The van der Waals surface area contributed by atoms with Crippen LogP contribution in [0, 0.1) is 0 Å². The molecule has 9 heteroatoms. The molecule has 0 unspecified atom stereocenters. The minimum absolute atomic E-state index is 0.0100. The Bertz CT molecular complexity index is 1100. The van der Waals surface area contributed by atoms with Crippen LogP contribution in [0.2, 0.25) is 0 Å². The molecule has 4 rings (SSSR count). The number of imide groups is 1. The molecule has 0 saturated heterocycles. The van der Waals surface area contributed by atoms with Gasteiger partial charge in [-0.25, -0.2) is 8.42 Å². The van der Waals surface area contributed by atoms with E-state index in [4.69, 9.17) is 0 Å². The highest BCUT2D eigenvalue weighted by atomic mass is 32.2. The molecule has 0 saturated carbocycles. The second-order valence-corrected chi connectivity index (χ2v) is 10.3. The van der Waals surface area contributed by atoms with Crippen molar-refractivity contribution in [3.8, 4) is 0 Å². The molecule has 2 aromatic heterocycles. The van der Waals surface area contributed by atoms with E-state index in [1.165, 1.54) is 52.2 Å². The number of hydrogen-bond donors (Lipinski definition) is 0. The Hall–Kier alpha value is -2.33. The van der Waals surface area contributed by atoms with Gasteiger partial charge in [0.25, 0.3) is 11.8 Å². The van der Waals surface area contributed by atoms with Crippen molar-refractivity contribution < 1.29 is 18.0 Å². The quantitative estimate of drug-likeness (QED) is 0.560. The van der Waals surface area contributed by atoms with Crippen molar-refractivity contribution in [2.75, 3.05) is 7.05 Å². The van der Waals surface area contributed by atoms with Gasteiger partial charge in [-0.2, -0.15) is 4.31 Å². The molecule has 1 aliphatic rings. The first-order chi connectivity index (χ1) is 13.4. The lowest BCUT2D eigenvalue weighted by atomic mass is 10.1. The van der Waals surface area contributed by atoms with E-state index < -0.39 is 21.8 Å². The fraction of sp³-hybridized carbons (Fsp3) is 0.158. The Morgan fingerprint density at radius 1 is 0.893 bits per heavy atom. The number of carbonyl (C=O) groups excluding carboxylic acids is 2. The number of sulfonamides is 1. The summed E-state index contributed by atoms with van der Waals surface area (Å²) >= 11 is 2.98. The molecule has 0 fully saturated rings. The first-order valence-corrected chi connectivity index (χ1v) is 11.6. The molecule has 3 heterocycles. The van der Waals surface area contributed by atoms with E-state index in [1.807, 2.05) is 35.0 Å². The molecule has 0 N–H and O–H groups in total. The Morgan fingerprint density at radius 2 is 1.46 bits per heavy atom. The van der Waals surface area contributed by atoms with E-state index in [2.05, 4.69) is 0 Å². The van der Waals surface area contributed by atoms with Crippen LogP contribution in [-0.2, 0) is 23.1 Å². The smallest absolute Gasteiger partial charge is 0.261 e. The van der Waals surface area contributed by atoms with Crippen molar-refractivity contribution >= 4 is 44.5 Å². The molecule has 1 aromatic carbocycles. The molecule has 1 aliphatic heterocycles. The lowest BCUT2D eigenvalue weighted by molar-refractivity contribution is 0.0693. The van der Waals surface area contributed by atoms with Crippen LogP contribution < -0.4 is 0 Å². The number of nitrogens with zero attached hydrogens (tertiary/aromatic N) is 2. The van der Waals surface area contributed by atoms with Crippen molar-refractivity contribution in [2.24, 2.45) is 0 Å². The fourth-order valence-electron chi connectivity index (χ4n) is 3.03. The molecule has 0 spiro atoms. The maximum Gasteiger partial charge on any atom is 0.261 e. The second kappa shape index (κ2) is 7.25. The van der Waals surface area contributed by atoms with Crippen molar-refractivity contribution in [2.45, 2.75) is 18.0 Å². The molecule has 3 aromatic rings. The summed E-state index contributed by atoms with van der Waals surface area (Å²) in [5.74, 6) is -0.905. The van der Waals surface area contributed by atoms with Gasteiger partial charge in [-0.3, -0.25) is 14.5 Å². The van der Waals surface area contributed by atoms with Crippen LogP contribution in [0.4, 0.5) is 0 Å². The van der Waals surface area contributed by atoms with Gasteiger partial charge in [0.05, 0.1) is 16.0 Å². The summed E-state index contributed by atoms with van der Waals surface area (Å²) in [4.78, 5) is 27.2. The highest BCUT2D eigenvalue weighted by molar-refractivity contribution is 7.89. The molecular weight excluding hydrogens is 416 g/mol. The van der Waals surface area contributed by atoms with E-state index in [0.717, 1.165) is 14.7 Å². The molecule has 28 heavy (non-hydrogen) atoms. The molecule has 0 bridgehead atoms. The van der Waals surface area contributed by atoms with Gasteiger partial charge >= 0.3 is 0 Å². The van der Waals surface area contributed by atoms with Crippen molar-refractivity contribution in [1.82, 2.24) is 9.21 Å². The first-order valence-electron chi connectivity index (χ1n) is 8.39. The van der Waals surface area contributed by atoms with Gasteiger partial charge in [0.15, 0.2) is 0 Å². The molecule has 0 atom stereocenters. The molecule has 0 aliphatic carbocycles. The minimum Gasteiger partial charge on any atom is -0.277 e. The summed E-state index contributed by atoms with van der Waals surface area (Å²) in [7, 11) is -2.48. The topological polar surface area (TPSA) is 74.8 Å². The molecular formula is C19H16N2O4S3. The van der Waals surface area contributed by atoms with Crippen LogP contribution in [0.5, 0.6) is 0 Å². The monoisotopic (exact) mass is 432 g/mol. The van der Waals surface area contributed by atoms with Crippen molar-refractivity contribution in [1.29, 1.82) is 0 Å². The molecule has 6 nitrogen and oxygen atoms in total. The van der Waals surface area contributed by atoms with Gasteiger partial charge < -0.3 is 0 Å². The molecule has 0 radical (unpaired) electrons. The predicted octanol–water partition coefficient (Wildman–Crippen LogP) is 3.43.